The summed E-state index contributed by atoms with van der Waals surface area (Å²) in [4.78, 5) is 44.3. The number of carbonyl (C=O) groups excluding carboxylic acids is 3. The molecule has 1 aliphatic rings. The maximum Gasteiger partial charge on any atom is 0.340 e. The predicted molar refractivity (Wildman–Crippen MR) is 140 cm³/mol. The van der Waals surface area contributed by atoms with Gasteiger partial charge in [0.25, 0.3) is 11.8 Å². The Hall–Kier alpha value is -4.07. The summed E-state index contributed by atoms with van der Waals surface area (Å²) in [6.45, 7) is 2.07. The molecule has 5 rings (SSSR count). The van der Waals surface area contributed by atoms with E-state index in [9.17, 15) is 14.4 Å². The third-order valence-corrected chi connectivity index (χ3v) is 6.38. The minimum Gasteiger partial charge on any atom is -0.462 e. The largest absolute Gasteiger partial charge is 0.462 e. The van der Waals surface area contributed by atoms with Crippen LogP contribution in [-0.2, 0) is 16.1 Å². The zero-order valence-corrected chi connectivity index (χ0v) is 20.8. The second kappa shape index (κ2) is 10.5. The fraction of sp³-hybridized carbons (Fsp3) is 0.172. The number of ether oxygens (including phenoxy) is 2. The Bertz CT molecular complexity index is 1490. The molecule has 1 aliphatic heterocycles. The van der Waals surface area contributed by atoms with E-state index in [1.54, 1.807) is 49.4 Å². The number of amides is 2. The number of rotatable bonds is 8. The van der Waals surface area contributed by atoms with Crippen molar-refractivity contribution in [1.82, 2.24) is 9.88 Å². The molecular formula is C29H23ClN2O5. The van der Waals surface area contributed by atoms with Gasteiger partial charge in [-0.15, -0.1) is 0 Å². The molecule has 4 aromatic rings. The van der Waals surface area contributed by atoms with Crippen LogP contribution in [0.1, 0.15) is 43.7 Å². The van der Waals surface area contributed by atoms with Crippen LogP contribution in [-0.4, -0.2) is 47.4 Å². The molecule has 0 spiro atoms. The molecule has 0 saturated heterocycles. The number of hydrogen-bond donors (Lipinski definition) is 0. The van der Waals surface area contributed by atoms with Crippen molar-refractivity contribution in [3.63, 3.8) is 0 Å². The zero-order valence-electron chi connectivity index (χ0n) is 20.1. The molecule has 7 nitrogen and oxygen atoms in total. The Morgan fingerprint density at radius 1 is 0.946 bits per heavy atom. The van der Waals surface area contributed by atoms with E-state index in [1.165, 1.54) is 4.90 Å². The van der Waals surface area contributed by atoms with Crippen LogP contribution in [0.4, 0.5) is 0 Å². The summed E-state index contributed by atoms with van der Waals surface area (Å²) in [7, 11) is 0. The number of fused-ring (bicyclic) bond motifs is 2. The lowest BCUT2D eigenvalue weighted by Crippen LogP contribution is -2.33. The number of aromatic nitrogens is 1. The van der Waals surface area contributed by atoms with Gasteiger partial charge in [0.2, 0.25) is 0 Å². The van der Waals surface area contributed by atoms with Gasteiger partial charge in [-0.05, 0) is 42.8 Å². The zero-order chi connectivity index (χ0) is 25.9. The minimum atomic E-state index is -0.519. The highest BCUT2D eigenvalue weighted by atomic mass is 35.5. The van der Waals surface area contributed by atoms with Crippen molar-refractivity contribution in [1.29, 1.82) is 0 Å². The molecule has 0 radical (unpaired) electrons. The van der Waals surface area contributed by atoms with Crippen LogP contribution in [0.3, 0.4) is 0 Å². The summed E-state index contributed by atoms with van der Waals surface area (Å²) in [6, 6.07) is 21.5. The summed E-state index contributed by atoms with van der Waals surface area (Å²) >= 11 is 6.30. The SMILES string of the molecule is CCOC(=O)c1c(COCCN2C(=O)c3ccccc3C2=O)nc2ccc(Cl)cc2c1-c1ccccc1. The molecule has 0 unspecified atom stereocenters. The third kappa shape index (κ3) is 4.71. The molecule has 0 bridgehead atoms. The molecule has 37 heavy (non-hydrogen) atoms. The van der Waals surface area contributed by atoms with Gasteiger partial charge in [0.1, 0.15) is 0 Å². The lowest BCUT2D eigenvalue weighted by molar-refractivity contribution is 0.0510. The van der Waals surface area contributed by atoms with Crippen molar-refractivity contribution in [2.24, 2.45) is 0 Å². The highest BCUT2D eigenvalue weighted by Crippen LogP contribution is 2.35. The van der Waals surface area contributed by atoms with Gasteiger partial charge < -0.3 is 9.47 Å². The topological polar surface area (TPSA) is 85.8 Å². The van der Waals surface area contributed by atoms with Crippen molar-refractivity contribution >= 4 is 40.3 Å². The Morgan fingerprint density at radius 2 is 1.62 bits per heavy atom. The highest BCUT2D eigenvalue weighted by molar-refractivity contribution is 6.31. The van der Waals surface area contributed by atoms with Crippen molar-refractivity contribution in [3.05, 3.63) is 100 Å². The van der Waals surface area contributed by atoms with Gasteiger partial charge in [0.05, 0.1) is 54.3 Å². The fourth-order valence-corrected chi connectivity index (χ4v) is 4.66. The standard InChI is InChI=1S/C29H23ClN2O5/c1-2-37-29(35)26-24(17-36-15-14-32-27(33)20-10-6-7-11-21(20)28(32)34)31-23-13-12-19(30)16-22(23)25(26)18-8-4-3-5-9-18/h3-13,16H,2,14-15,17H2,1H3. The number of imide groups is 1. The second-order valence-corrected chi connectivity index (χ2v) is 8.85. The van der Waals surface area contributed by atoms with Crippen LogP contribution in [0, 0.1) is 0 Å². The van der Waals surface area contributed by atoms with Crippen molar-refractivity contribution in [2.45, 2.75) is 13.5 Å². The molecule has 0 N–H and O–H groups in total. The van der Waals surface area contributed by atoms with Gasteiger partial charge in [-0.1, -0.05) is 54.1 Å². The fourth-order valence-electron chi connectivity index (χ4n) is 4.49. The van der Waals surface area contributed by atoms with E-state index in [2.05, 4.69) is 0 Å². The summed E-state index contributed by atoms with van der Waals surface area (Å²) in [5.74, 6) is -1.21. The summed E-state index contributed by atoms with van der Waals surface area (Å²) in [5.41, 5.74) is 3.59. The molecule has 2 amide bonds. The Morgan fingerprint density at radius 3 is 2.30 bits per heavy atom. The van der Waals surface area contributed by atoms with Gasteiger partial charge in [-0.25, -0.2) is 9.78 Å². The predicted octanol–water partition coefficient (Wildman–Crippen LogP) is 5.54. The van der Waals surface area contributed by atoms with Gasteiger partial charge in [0, 0.05) is 16.0 Å². The maximum atomic E-state index is 13.2. The Labute approximate surface area is 218 Å². The van der Waals surface area contributed by atoms with E-state index in [0.29, 0.717) is 38.5 Å². The van der Waals surface area contributed by atoms with Gasteiger partial charge in [-0.2, -0.15) is 0 Å². The van der Waals surface area contributed by atoms with Gasteiger partial charge in [-0.3, -0.25) is 14.5 Å². The molecule has 3 aromatic carbocycles. The lowest BCUT2D eigenvalue weighted by atomic mass is 9.94. The van der Waals surface area contributed by atoms with Crippen LogP contribution in [0.2, 0.25) is 5.02 Å². The summed E-state index contributed by atoms with van der Waals surface area (Å²) in [5, 5.41) is 1.24. The van der Waals surface area contributed by atoms with Crippen molar-refractivity contribution < 1.29 is 23.9 Å². The van der Waals surface area contributed by atoms with E-state index >= 15 is 0 Å². The third-order valence-electron chi connectivity index (χ3n) is 6.14. The number of hydrogen-bond acceptors (Lipinski definition) is 6. The molecule has 186 valence electrons. The molecule has 0 atom stereocenters. The van der Waals surface area contributed by atoms with Crippen LogP contribution >= 0.6 is 11.6 Å². The first-order chi connectivity index (χ1) is 18.0. The first-order valence-corrected chi connectivity index (χ1v) is 12.2. The maximum absolute atomic E-state index is 13.2. The van der Waals surface area contributed by atoms with Gasteiger partial charge >= 0.3 is 5.97 Å². The van der Waals surface area contributed by atoms with E-state index < -0.39 is 5.97 Å². The first-order valence-electron chi connectivity index (χ1n) is 11.9. The average molecular weight is 515 g/mol. The number of carbonyl (C=O) groups is 3. The summed E-state index contributed by atoms with van der Waals surface area (Å²) in [6.07, 6.45) is 0. The average Bonchev–Trinajstić information content (AvgIpc) is 3.15. The monoisotopic (exact) mass is 514 g/mol. The Balaban J connectivity index is 1.45. The van der Waals surface area contributed by atoms with Crippen molar-refractivity contribution in [3.8, 4) is 11.1 Å². The summed E-state index contributed by atoms with van der Waals surface area (Å²) < 4.78 is 11.3. The molecule has 0 fully saturated rings. The van der Waals surface area contributed by atoms with Crippen molar-refractivity contribution in [2.75, 3.05) is 19.8 Å². The van der Waals surface area contributed by atoms with E-state index in [0.717, 1.165) is 10.9 Å². The molecular weight excluding hydrogens is 492 g/mol. The van der Waals surface area contributed by atoms with E-state index in [-0.39, 0.29) is 38.2 Å². The van der Waals surface area contributed by atoms with Crippen LogP contribution in [0.25, 0.3) is 22.0 Å². The smallest absolute Gasteiger partial charge is 0.340 e. The van der Waals surface area contributed by atoms with Crippen LogP contribution < -0.4 is 0 Å². The van der Waals surface area contributed by atoms with Crippen LogP contribution in [0.5, 0.6) is 0 Å². The molecule has 0 aliphatic carbocycles. The molecule has 0 saturated carbocycles. The minimum absolute atomic E-state index is 0.0181. The number of halogens is 1. The van der Waals surface area contributed by atoms with Gasteiger partial charge in [0.15, 0.2) is 0 Å². The normalized spacial score (nSPS) is 12.8. The number of pyridine rings is 1. The van der Waals surface area contributed by atoms with E-state index in [1.807, 2.05) is 30.3 Å². The van der Waals surface area contributed by atoms with E-state index in [4.69, 9.17) is 26.1 Å². The second-order valence-electron chi connectivity index (χ2n) is 8.42. The quantitative estimate of drug-likeness (QED) is 0.174. The number of esters is 1. The Kier molecular flexibility index (Phi) is 6.99. The lowest BCUT2D eigenvalue weighted by Gasteiger charge is -2.18. The van der Waals surface area contributed by atoms with Crippen LogP contribution in [0.15, 0.2) is 72.8 Å². The molecule has 8 heteroatoms. The first kappa shape index (κ1) is 24.6. The molecule has 1 aromatic heterocycles. The number of benzene rings is 3. The number of nitrogens with zero attached hydrogens (tertiary/aromatic N) is 2. The molecule has 2 heterocycles. The highest BCUT2D eigenvalue weighted by Gasteiger charge is 2.34.